The van der Waals surface area contributed by atoms with Gasteiger partial charge in [0.2, 0.25) is 0 Å². The minimum Gasteiger partial charge on any atom is -0.507 e. The zero-order valence-electron chi connectivity index (χ0n) is 19.8. The predicted molar refractivity (Wildman–Crippen MR) is 127 cm³/mol. The molecule has 1 rings (SSSR count). The number of thioether (sulfide) groups is 1. The molecule has 0 aliphatic carbocycles. The molecule has 0 bridgehead atoms. The van der Waals surface area contributed by atoms with Gasteiger partial charge in [0.05, 0.1) is 5.56 Å². The normalized spacial score (nSPS) is 13.5. The first-order valence-electron chi connectivity index (χ1n) is 11.0. The van der Waals surface area contributed by atoms with Crippen LogP contribution in [0, 0.1) is 0 Å². The van der Waals surface area contributed by atoms with Crippen LogP contribution in [0.4, 0.5) is 0 Å². The fourth-order valence-electron chi connectivity index (χ4n) is 3.85. The van der Waals surface area contributed by atoms with E-state index in [0.29, 0.717) is 22.8 Å². The molecule has 0 amide bonds. The lowest BCUT2D eigenvalue weighted by atomic mass is 9.75. The number of aromatic carboxylic acids is 1. The maximum Gasteiger partial charge on any atom is 0.335 e. The second-order valence-corrected chi connectivity index (χ2v) is 11.8. The molecule has 0 heterocycles. The van der Waals surface area contributed by atoms with Gasteiger partial charge in [-0.15, -0.1) is 0 Å². The summed E-state index contributed by atoms with van der Waals surface area (Å²) in [7, 11) is 0. The maximum atomic E-state index is 12.1. The molecule has 0 saturated heterocycles. The van der Waals surface area contributed by atoms with Crippen LogP contribution in [0.25, 0.3) is 0 Å². The standard InChI is InChI=1S/C25H42O3S/c1-9-10-11-12-13-17(2)29-15-14-18-19(23(27)28)16-20(24(3,4)5)22(26)21(18)25(6,7)8/h16-17,26H,9-15H2,1-8H3,(H,27,28). The Morgan fingerprint density at radius 3 is 2.17 bits per heavy atom. The van der Waals surface area contributed by atoms with Crippen molar-refractivity contribution in [2.75, 3.05) is 5.75 Å². The molecule has 0 aliphatic heterocycles. The molecular weight excluding hydrogens is 380 g/mol. The zero-order valence-corrected chi connectivity index (χ0v) is 20.6. The molecule has 1 aromatic rings. The monoisotopic (exact) mass is 422 g/mol. The Morgan fingerprint density at radius 2 is 1.69 bits per heavy atom. The fourth-order valence-corrected chi connectivity index (χ4v) is 4.90. The molecule has 2 N–H and O–H groups in total. The third-order valence-electron chi connectivity index (χ3n) is 5.41. The number of rotatable bonds is 10. The molecule has 166 valence electrons. The molecule has 0 aliphatic rings. The number of carboxylic acids is 1. The Bertz CT molecular complexity index is 681. The number of phenols is 1. The highest BCUT2D eigenvalue weighted by molar-refractivity contribution is 7.99. The van der Waals surface area contributed by atoms with Crippen molar-refractivity contribution in [2.45, 2.75) is 110 Å². The summed E-state index contributed by atoms with van der Waals surface area (Å²) in [6.45, 7) is 16.7. The molecule has 0 aromatic heterocycles. The van der Waals surface area contributed by atoms with E-state index in [-0.39, 0.29) is 16.6 Å². The van der Waals surface area contributed by atoms with Crippen LogP contribution in [0.2, 0.25) is 0 Å². The first kappa shape index (κ1) is 25.9. The molecular formula is C25H42O3S. The summed E-state index contributed by atoms with van der Waals surface area (Å²) in [5.74, 6) is 0.225. The fraction of sp³-hybridized carbons (Fsp3) is 0.720. The van der Waals surface area contributed by atoms with E-state index in [0.717, 1.165) is 16.9 Å². The molecule has 1 atom stereocenters. The van der Waals surface area contributed by atoms with E-state index in [4.69, 9.17) is 0 Å². The van der Waals surface area contributed by atoms with Crippen LogP contribution in [0.15, 0.2) is 6.07 Å². The van der Waals surface area contributed by atoms with E-state index in [1.165, 1.54) is 32.1 Å². The summed E-state index contributed by atoms with van der Waals surface area (Å²) in [6.07, 6.45) is 6.97. The van der Waals surface area contributed by atoms with Crippen LogP contribution in [0.5, 0.6) is 5.75 Å². The third kappa shape index (κ3) is 7.55. The van der Waals surface area contributed by atoms with Crippen molar-refractivity contribution in [3.05, 3.63) is 28.3 Å². The molecule has 0 saturated carbocycles. The summed E-state index contributed by atoms with van der Waals surface area (Å²) in [6, 6.07) is 1.70. The zero-order chi connectivity index (χ0) is 22.4. The van der Waals surface area contributed by atoms with Gasteiger partial charge in [-0.05, 0) is 41.1 Å². The lowest BCUT2D eigenvalue weighted by molar-refractivity contribution is 0.0695. The van der Waals surface area contributed by atoms with Crippen molar-refractivity contribution in [1.29, 1.82) is 0 Å². The molecule has 0 radical (unpaired) electrons. The average Bonchev–Trinajstić information content (AvgIpc) is 2.56. The second kappa shape index (κ2) is 10.7. The van der Waals surface area contributed by atoms with Crippen molar-refractivity contribution >= 4 is 17.7 Å². The van der Waals surface area contributed by atoms with Crippen LogP contribution < -0.4 is 0 Å². The van der Waals surface area contributed by atoms with Crippen LogP contribution >= 0.6 is 11.8 Å². The first-order chi connectivity index (χ1) is 13.3. The Hall–Kier alpha value is -1.16. The average molecular weight is 423 g/mol. The number of carboxylic acid groups (broad SMARTS) is 1. The second-order valence-electron chi connectivity index (χ2n) is 10.3. The number of hydrogen-bond donors (Lipinski definition) is 2. The molecule has 0 fully saturated rings. The van der Waals surface area contributed by atoms with E-state index in [9.17, 15) is 15.0 Å². The Kier molecular flexibility index (Phi) is 9.59. The van der Waals surface area contributed by atoms with Crippen molar-refractivity contribution in [1.82, 2.24) is 0 Å². The van der Waals surface area contributed by atoms with Crippen LogP contribution in [0.3, 0.4) is 0 Å². The van der Waals surface area contributed by atoms with E-state index in [1.807, 2.05) is 53.3 Å². The van der Waals surface area contributed by atoms with Gasteiger partial charge in [0.15, 0.2) is 0 Å². The minimum atomic E-state index is -0.909. The van der Waals surface area contributed by atoms with Crippen molar-refractivity contribution in [3.8, 4) is 5.75 Å². The number of benzene rings is 1. The maximum absolute atomic E-state index is 12.1. The van der Waals surface area contributed by atoms with Gasteiger partial charge in [0.25, 0.3) is 0 Å². The predicted octanol–water partition coefficient (Wildman–Crippen LogP) is 7.32. The lowest BCUT2D eigenvalue weighted by Gasteiger charge is -2.31. The molecule has 3 nitrogen and oxygen atoms in total. The lowest BCUT2D eigenvalue weighted by Crippen LogP contribution is -2.22. The molecule has 29 heavy (non-hydrogen) atoms. The number of unbranched alkanes of at least 4 members (excludes halogenated alkanes) is 3. The van der Waals surface area contributed by atoms with Gasteiger partial charge >= 0.3 is 5.97 Å². The number of phenolic OH excluding ortho intramolecular Hbond substituents is 1. The van der Waals surface area contributed by atoms with E-state index in [1.54, 1.807) is 6.07 Å². The molecule has 1 unspecified atom stereocenters. The highest BCUT2D eigenvalue weighted by atomic mass is 32.2. The van der Waals surface area contributed by atoms with Crippen molar-refractivity contribution in [2.24, 2.45) is 0 Å². The molecule has 0 spiro atoms. The molecule has 1 aromatic carbocycles. The SMILES string of the molecule is CCCCCCC(C)SCCc1c(C(=O)O)cc(C(C)(C)C)c(O)c1C(C)(C)C. The number of aromatic hydroxyl groups is 1. The number of carbonyl (C=O) groups is 1. The van der Waals surface area contributed by atoms with Crippen LogP contribution in [-0.4, -0.2) is 27.2 Å². The van der Waals surface area contributed by atoms with E-state index in [2.05, 4.69) is 13.8 Å². The Morgan fingerprint density at radius 1 is 1.07 bits per heavy atom. The van der Waals surface area contributed by atoms with E-state index < -0.39 is 5.97 Å². The van der Waals surface area contributed by atoms with Gasteiger partial charge in [-0.3, -0.25) is 0 Å². The summed E-state index contributed by atoms with van der Waals surface area (Å²) in [5.41, 5.74) is 1.98. The summed E-state index contributed by atoms with van der Waals surface area (Å²) in [5, 5.41) is 21.6. The summed E-state index contributed by atoms with van der Waals surface area (Å²) < 4.78 is 0. The van der Waals surface area contributed by atoms with Gasteiger partial charge in [-0.1, -0.05) is 81.1 Å². The van der Waals surface area contributed by atoms with Crippen molar-refractivity contribution in [3.63, 3.8) is 0 Å². The summed E-state index contributed by atoms with van der Waals surface area (Å²) >= 11 is 1.91. The number of hydrogen-bond acceptors (Lipinski definition) is 3. The first-order valence-corrected chi connectivity index (χ1v) is 12.1. The highest BCUT2D eigenvalue weighted by Crippen LogP contribution is 2.43. The Balaban J connectivity index is 3.15. The third-order valence-corrected chi connectivity index (χ3v) is 6.66. The van der Waals surface area contributed by atoms with Gasteiger partial charge in [-0.25, -0.2) is 4.79 Å². The van der Waals surface area contributed by atoms with Crippen molar-refractivity contribution < 1.29 is 15.0 Å². The summed E-state index contributed by atoms with van der Waals surface area (Å²) in [4.78, 5) is 12.1. The highest BCUT2D eigenvalue weighted by Gasteiger charge is 2.31. The van der Waals surface area contributed by atoms with Crippen LogP contribution in [0.1, 0.15) is 115 Å². The smallest absolute Gasteiger partial charge is 0.335 e. The topological polar surface area (TPSA) is 57.5 Å². The van der Waals surface area contributed by atoms with Crippen LogP contribution in [-0.2, 0) is 17.3 Å². The van der Waals surface area contributed by atoms with Gasteiger partial charge < -0.3 is 10.2 Å². The van der Waals surface area contributed by atoms with Gasteiger partial charge in [0.1, 0.15) is 5.75 Å². The van der Waals surface area contributed by atoms with Gasteiger partial charge in [0, 0.05) is 16.4 Å². The largest absolute Gasteiger partial charge is 0.507 e. The Labute approximate surface area is 182 Å². The minimum absolute atomic E-state index is 0.266. The quantitative estimate of drug-likeness (QED) is 0.388. The van der Waals surface area contributed by atoms with E-state index >= 15 is 0 Å². The van der Waals surface area contributed by atoms with Gasteiger partial charge in [-0.2, -0.15) is 11.8 Å². The molecule has 4 heteroatoms.